The molecule has 0 amide bonds. The van der Waals surface area contributed by atoms with Gasteiger partial charge in [0.15, 0.2) is 0 Å². The molecule has 55 valence electrons. The summed E-state index contributed by atoms with van der Waals surface area (Å²) in [5.74, 6) is 0. The molecule has 0 N–H and O–H groups in total. The van der Waals surface area contributed by atoms with Crippen molar-refractivity contribution in [1.82, 2.24) is 0 Å². The third-order valence-electron chi connectivity index (χ3n) is 1.84. The van der Waals surface area contributed by atoms with Gasteiger partial charge in [-0.25, -0.2) is 0 Å². The molecule has 0 aliphatic heterocycles. The molecule has 0 atom stereocenters. The molecule has 0 aliphatic rings. The van der Waals surface area contributed by atoms with Crippen LogP contribution in [-0.4, -0.2) is 18.5 Å². The Kier molecular flexibility index (Phi) is 4.58. The van der Waals surface area contributed by atoms with E-state index in [4.69, 9.17) is 0 Å². The van der Waals surface area contributed by atoms with Crippen LogP contribution in [0.25, 0.3) is 0 Å². The van der Waals surface area contributed by atoms with Gasteiger partial charge >= 0.3 is 63.9 Å². The molecule has 0 saturated carbocycles. The van der Waals surface area contributed by atoms with E-state index in [1.807, 2.05) is 0 Å². The van der Waals surface area contributed by atoms with E-state index in [-0.39, 0.29) is 0 Å². The van der Waals surface area contributed by atoms with E-state index in [9.17, 15) is 0 Å². The van der Waals surface area contributed by atoms with Crippen LogP contribution in [0.15, 0.2) is 0 Å². The number of rotatable bonds is 3. The first-order valence-electron chi connectivity index (χ1n) is 3.34. The van der Waals surface area contributed by atoms with Crippen molar-refractivity contribution in [2.75, 3.05) is 18.5 Å². The molecule has 0 rings (SSSR count). The predicted molar refractivity (Wildman–Crippen MR) is 39.9 cm³/mol. The summed E-state index contributed by atoms with van der Waals surface area (Å²) >= 11 is 2.69. The molecule has 0 aromatic carbocycles. The first-order valence-corrected chi connectivity index (χ1v) is 9.19. The molecule has 0 radical (unpaired) electrons. The summed E-state index contributed by atoms with van der Waals surface area (Å²) < 4.78 is 0. The van der Waals surface area contributed by atoms with Gasteiger partial charge < -0.3 is 0 Å². The average Bonchev–Trinajstić information content (AvgIpc) is 1.87. The molecule has 0 aliphatic carbocycles. The summed E-state index contributed by atoms with van der Waals surface area (Å²) in [4.78, 5) is 0. The zero-order valence-corrected chi connectivity index (χ0v) is 9.21. The zero-order chi connectivity index (χ0) is 6.62. The van der Waals surface area contributed by atoms with E-state index >= 15 is 0 Å². The normalized spacial score (nSPS) is 14.1. The maximum atomic E-state index is 2.69. The van der Waals surface area contributed by atoms with Crippen molar-refractivity contribution in [3.05, 3.63) is 0 Å². The minimum atomic E-state index is -0.699. The van der Waals surface area contributed by atoms with Crippen LogP contribution in [0.1, 0.15) is 20.8 Å². The van der Waals surface area contributed by atoms with Crippen molar-refractivity contribution >= 4 is 5.35 Å². The Bertz CT molecular complexity index is 51.3. The monoisotopic (exact) mass is 314 g/mol. The van der Waals surface area contributed by atoms with E-state index in [0.717, 1.165) is 0 Å². The Labute approximate surface area is 64.1 Å². The first-order chi connectivity index (χ1) is 3.68. The average molecular weight is 314 g/mol. The molecule has 0 fully saturated rings. The molecule has 0 nitrogen and oxygen atoms in total. The third kappa shape index (κ3) is 2.60. The summed E-state index contributed by atoms with van der Waals surface area (Å²) in [5, 5.41) is -0.699. The van der Waals surface area contributed by atoms with E-state index in [2.05, 4.69) is 40.1 Å². The van der Waals surface area contributed by atoms with Crippen molar-refractivity contribution < 1.29 is 19.3 Å². The Hall–Kier alpha value is 1.12. The van der Waals surface area contributed by atoms with E-state index in [1.54, 1.807) is 0 Å². The second kappa shape index (κ2) is 4.02. The van der Waals surface area contributed by atoms with Gasteiger partial charge in [0.05, 0.1) is 0 Å². The van der Waals surface area contributed by atoms with Gasteiger partial charge in [-0.15, -0.1) is 0 Å². The molecule has 0 spiro atoms. The molecule has 2 heteroatoms. The van der Waals surface area contributed by atoms with Gasteiger partial charge in [0.25, 0.3) is 0 Å². The number of hydrogen-bond acceptors (Lipinski definition) is 0. The van der Waals surface area contributed by atoms with Crippen LogP contribution >= 0.6 is 5.35 Å². The molecule has 0 bridgehead atoms. The van der Waals surface area contributed by atoms with Crippen molar-refractivity contribution in [2.45, 2.75) is 20.8 Å². The van der Waals surface area contributed by atoms with Crippen LogP contribution in [0.2, 0.25) is 0 Å². The Morgan fingerprint density at radius 2 is 1.25 bits per heavy atom. The molecule has 8 heavy (non-hydrogen) atoms. The van der Waals surface area contributed by atoms with Gasteiger partial charge in [-0.2, -0.15) is 0 Å². The van der Waals surface area contributed by atoms with Crippen LogP contribution in [0.4, 0.5) is 0 Å². The Morgan fingerprint density at radius 3 is 1.25 bits per heavy atom. The number of hydrogen-bond donors (Lipinski definition) is 0. The van der Waals surface area contributed by atoms with Gasteiger partial charge in [-0.3, -0.25) is 0 Å². The zero-order valence-electron chi connectivity index (χ0n) is 5.94. The second-order valence-corrected chi connectivity index (χ2v) is 13.7. The van der Waals surface area contributed by atoms with Crippen molar-refractivity contribution in [3.63, 3.8) is 0 Å². The molecule has 0 unspecified atom stereocenters. The standard InChI is InChI=1S/C6H15P.Pt/c1-4-7(5-2)6-3;/h4-6H2,1-3H3;/q;-1/p+1. The molecule has 0 aromatic heterocycles. The van der Waals surface area contributed by atoms with Gasteiger partial charge in [0.1, 0.15) is 0 Å². The van der Waals surface area contributed by atoms with Gasteiger partial charge in [-0.05, 0) is 0 Å². The van der Waals surface area contributed by atoms with Gasteiger partial charge in [-0.1, -0.05) is 0 Å². The van der Waals surface area contributed by atoms with Crippen molar-refractivity contribution in [1.29, 1.82) is 0 Å². The van der Waals surface area contributed by atoms with Crippen LogP contribution in [-0.2, 0) is 19.3 Å². The van der Waals surface area contributed by atoms with Crippen molar-refractivity contribution in [3.8, 4) is 0 Å². The van der Waals surface area contributed by atoms with Crippen LogP contribution < -0.4 is 0 Å². The van der Waals surface area contributed by atoms with Crippen LogP contribution in [0, 0.1) is 0 Å². The summed E-state index contributed by atoms with van der Waals surface area (Å²) in [6.07, 6.45) is 4.34. The van der Waals surface area contributed by atoms with Crippen LogP contribution in [0.5, 0.6) is 0 Å². The van der Waals surface area contributed by atoms with E-state index < -0.39 is 5.35 Å². The molecular weight excluding hydrogens is 298 g/mol. The minimum absolute atomic E-state index is 0.699. The summed E-state index contributed by atoms with van der Waals surface area (Å²) in [5.41, 5.74) is 0. The predicted octanol–water partition coefficient (Wildman–Crippen LogP) is 2.26. The fraction of sp³-hybridized carbons (Fsp3) is 1.00. The molecule has 0 heterocycles. The SMILES string of the molecule is CC[PH]([Pt])(CC)CC. The van der Waals surface area contributed by atoms with E-state index in [1.165, 1.54) is 18.5 Å². The molecular formula is C6H16PPt. The summed E-state index contributed by atoms with van der Waals surface area (Å²) in [6.45, 7) is 6.98. The quantitative estimate of drug-likeness (QED) is 0.701. The first kappa shape index (κ1) is 9.12. The van der Waals surface area contributed by atoms with E-state index in [0.29, 0.717) is 0 Å². The Balaban J connectivity index is 3.58. The second-order valence-electron chi connectivity index (χ2n) is 2.15. The van der Waals surface area contributed by atoms with Gasteiger partial charge in [0, 0.05) is 0 Å². The van der Waals surface area contributed by atoms with Gasteiger partial charge in [0.2, 0.25) is 0 Å². The summed E-state index contributed by atoms with van der Waals surface area (Å²) in [6, 6.07) is 0. The van der Waals surface area contributed by atoms with Crippen LogP contribution in [0.3, 0.4) is 0 Å². The summed E-state index contributed by atoms with van der Waals surface area (Å²) in [7, 11) is 0. The topological polar surface area (TPSA) is 0 Å². The third-order valence-corrected chi connectivity index (χ3v) is 12.7. The fourth-order valence-electron chi connectivity index (χ4n) is 0.750. The molecule has 0 saturated heterocycles. The Morgan fingerprint density at radius 1 is 1.00 bits per heavy atom. The maximum absolute atomic E-state index is 2.69. The van der Waals surface area contributed by atoms with Crippen molar-refractivity contribution in [2.24, 2.45) is 0 Å². The fourth-order valence-corrected chi connectivity index (χ4v) is 2.25. The molecule has 0 aromatic rings.